The van der Waals surface area contributed by atoms with Gasteiger partial charge in [0.2, 0.25) is 0 Å². The van der Waals surface area contributed by atoms with Gasteiger partial charge in [0.05, 0.1) is 4.92 Å². The third kappa shape index (κ3) is 2.09. The minimum absolute atomic E-state index is 0.176. The highest BCUT2D eigenvalue weighted by Crippen LogP contribution is 2.52. The number of nitro benzene ring substituents is 1. The first-order chi connectivity index (χ1) is 8.25. The third-order valence-electron chi connectivity index (χ3n) is 2.82. The number of rotatable bonds is 3. The van der Waals surface area contributed by atoms with Gasteiger partial charge in [-0.05, 0) is 18.9 Å². The number of benzene rings is 1. The van der Waals surface area contributed by atoms with E-state index in [4.69, 9.17) is 0 Å². The second-order valence-corrected chi connectivity index (χ2v) is 4.12. The second-order valence-electron chi connectivity index (χ2n) is 4.12. The van der Waals surface area contributed by atoms with Gasteiger partial charge in [-0.15, -0.1) is 0 Å². The summed E-state index contributed by atoms with van der Waals surface area (Å²) in [5.41, 5.74) is -3.19. The summed E-state index contributed by atoms with van der Waals surface area (Å²) >= 11 is 0. The van der Waals surface area contributed by atoms with Crippen LogP contribution in [-0.2, 0) is 0 Å². The van der Waals surface area contributed by atoms with Crippen molar-refractivity contribution in [1.29, 1.82) is 0 Å². The van der Waals surface area contributed by atoms with Crippen LogP contribution in [-0.4, -0.2) is 16.6 Å². The van der Waals surface area contributed by atoms with Gasteiger partial charge in [0.15, 0.2) is 0 Å². The molecular weight excluding hydrogens is 256 g/mol. The zero-order valence-electron chi connectivity index (χ0n) is 8.92. The van der Waals surface area contributed by atoms with E-state index in [0.29, 0.717) is 6.07 Å². The molecule has 0 atom stereocenters. The van der Waals surface area contributed by atoms with Gasteiger partial charge in [-0.1, -0.05) is 0 Å². The predicted octanol–water partition coefficient (Wildman–Crippen LogP) is 3.24. The Balaban J connectivity index is 2.35. The Hall–Kier alpha value is -1.86. The molecule has 4 nitrogen and oxygen atoms in total. The highest BCUT2D eigenvalue weighted by Gasteiger charge is 2.64. The minimum Gasteiger partial charge on any atom is -0.366 e. The van der Waals surface area contributed by atoms with E-state index >= 15 is 0 Å². The minimum atomic E-state index is -4.52. The normalized spacial score (nSPS) is 17.3. The molecule has 98 valence electrons. The maximum Gasteiger partial charge on any atom is 0.411 e. The topological polar surface area (TPSA) is 55.2 Å². The summed E-state index contributed by atoms with van der Waals surface area (Å²) in [6.07, 6.45) is -4.87. The lowest BCUT2D eigenvalue weighted by Crippen LogP contribution is -2.38. The van der Waals surface area contributed by atoms with Gasteiger partial charge in [0.1, 0.15) is 17.0 Å². The summed E-state index contributed by atoms with van der Waals surface area (Å²) in [5, 5.41) is 12.7. The molecule has 0 saturated heterocycles. The van der Waals surface area contributed by atoms with E-state index in [1.165, 1.54) is 0 Å². The van der Waals surface area contributed by atoms with Crippen molar-refractivity contribution < 1.29 is 22.5 Å². The molecule has 2 rings (SSSR count). The highest BCUT2D eigenvalue weighted by atomic mass is 19.4. The number of anilines is 1. The molecule has 0 amide bonds. The van der Waals surface area contributed by atoms with E-state index in [9.17, 15) is 27.7 Å². The average molecular weight is 264 g/mol. The van der Waals surface area contributed by atoms with E-state index in [0.717, 1.165) is 12.1 Å². The first-order valence-corrected chi connectivity index (χ1v) is 5.04. The highest BCUT2D eigenvalue weighted by molar-refractivity contribution is 5.63. The van der Waals surface area contributed by atoms with Crippen molar-refractivity contribution in [2.75, 3.05) is 5.32 Å². The van der Waals surface area contributed by atoms with Gasteiger partial charge < -0.3 is 5.32 Å². The third-order valence-corrected chi connectivity index (χ3v) is 2.82. The van der Waals surface area contributed by atoms with Gasteiger partial charge in [-0.25, -0.2) is 4.39 Å². The molecule has 1 aromatic rings. The zero-order valence-corrected chi connectivity index (χ0v) is 8.92. The molecule has 0 bridgehead atoms. The number of nitro groups is 1. The van der Waals surface area contributed by atoms with E-state index in [2.05, 4.69) is 5.32 Å². The summed E-state index contributed by atoms with van der Waals surface area (Å²) in [6, 6.07) is 2.37. The van der Waals surface area contributed by atoms with Crippen LogP contribution in [0.4, 0.5) is 28.9 Å². The van der Waals surface area contributed by atoms with E-state index in [1.54, 1.807) is 0 Å². The lowest BCUT2D eigenvalue weighted by Gasteiger charge is -2.21. The molecule has 0 spiro atoms. The molecule has 1 fully saturated rings. The first-order valence-electron chi connectivity index (χ1n) is 5.04. The molecule has 1 saturated carbocycles. The summed E-state index contributed by atoms with van der Waals surface area (Å²) in [5.74, 6) is -0.832. The second kappa shape index (κ2) is 3.82. The molecule has 1 aliphatic rings. The summed E-state index contributed by atoms with van der Waals surface area (Å²) in [6.45, 7) is 0. The number of nitrogens with zero attached hydrogens (tertiary/aromatic N) is 1. The Morgan fingerprint density at radius 2 is 1.94 bits per heavy atom. The van der Waals surface area contributed by atoms with E-state index < -0.39 is 33.8 Å². The number of hydrogen-bond donors (Lipinski definition) is 1. The Labute approximate surface area is 98.8 Å². The van der Waals surface area contributed by atoms with Crippen LogP contribution in [0.2, 0.25) is 0 Å². The van der Waals surface area contributed by atoms with Gasteiger partial charge in [0.25, 0.3) is 5.69 Å². The Kier molecular flexibility index (Phi) is 2.67. The fourth-order valence-electron chi connectivity index (χ4n) is 1.63. The SMILES string of the molecule is O=[N+]([O-])c1ccc(F)cc1NC1(C(F)(F)F)CC1. The molecule has 1 aliphatic carbocycles. The van der Waals surface area contributed by atoms with Crippen molar-refractivity contribution in [1.82, 2.24) is 0 Å². The fraction of sp³-hybridized carbons (Fsp3) is 0.400. The van der Waals surface area contributed by atoms with Crippen LogP contribution in [0.3, 0.4) is 0 Å². The Morgan fingerprint density at radius 1 is 1.33 bits per heavy atom. The van der Waals surface area contributed by atoms with Gasteiger partial charge in [-0.2, -0.15) is 13.2 Å². The largest absolute Gasteiger partial charge is 0.411 e. The summed E-state index contributed by atoms with van der Waals surface area (Å²) in [7, 11) is 0. The van der Waals surface area contributed by atoms with Crippen molar-refractivity contribution in [2.24, 2.45) is 0 Å². The lowest BCUT2D eigenvalue weighted by atomic mass is 10.2. The first kappa shape index (κ1) is 12.6. The smallest absolute Gasteiger partial charge is 0.366 e. The van der Waals surface area contributed by atoms with Crippen molar-refractivity contribution in [3.63, 3.8) is 0 Å². The maximum atomic E-state index is 13.0. The molecule has 8 heteroatoms. The van der Waals surface area contributed by atoms with Crippen LogP contribution in [0.25, 0.3) is 0 Å². The molecule has 1 N–H and O–H groups in total. The standard InChI is InChI=1S/C10H8F4N2O2/c11-6-1-2-8(16(17)18)7(5-6)15-9(3-4-9)10(12,13)14/h1-2,5,15H,3-4H2. The number of nitrogens with one attached hydrogen (secondary N) is 1. The van der Waals surface area contributed by atoms with Crippen molar-refractivity contribution in [2.45, 2.75) is 24.6 Å². The molecule has 0 aliphatic heterocycles. The summed E-state index contributed by atoms with van der Waals surface area (Å²) < 4.78 is 51.0. The number of alkyl halides is 3. The van der Waals surface area contributed by atoms with Crippen LogP contribution >= 0.6 is 0 Å². The molecule has 0 unspecified atom stereocenters. The number of hydrogen-bond acceptors (Lipinski definition) is 3. The maximum absolute atomic E-state index is 13.0. The monoisotopic (exact) mass is 264 g/mol. The van der Waals surface area contributed by atoms with Crippen LogP contribution in [0.15, 0.2) is 18.2 Å². The average Bonchev–Trinajstić information content (AvgIpc) is 2.97. The molecule has 0 aromatic heterocycles. The quantitative estimate of drug-likeness (QED) is 0.518. The van der Waals surface area contributed by atoms with Crippen LogP contribution < -0.4 is 5.32 Å². The van der Waals surface area contributed by atoms with Crippen molar-refractivity contribution in [3.05, 3.63) is 34.1 Å². The number of halogens is 4. The lowest BCUT2D eigenvalue weighted by molar-refractivity contribution is -0.384. The fourth-order valence-corrected chi connectivity index (χ4v) is 1.63. The van der Waals surface area contributed by atoms with Crippen LogP contribution in [0.5, 0.6) is 0 Å². The molecule has 18 heavy (non-hydrogen) atoms. The van der Waals surface area contributed by atoms with Gasteiger partial charge in [-0.3, -0.25) is 10.1 Å². The van der Waals surface area contributed by atoms with Gasteiger partial charge >= 0.3 is 6.18 Å². The molecule has 0 heterocycles. The van der Waals surface area contributed by atoms with Crippen LogP contribution in [0, 0.1) is 15.9 Å². The van der Waals surface area contributed by atoms with Crippen LogP contribution in [0.1, 0.15) is 12.8 Å². The molecular formula is C10H8F4N2O2. The van der Waals surface area contributed by atoms with E-state index in [1.807, 2.05) is 0 Å². The summed E-state index contributed by atoms with van der Waals surface area (Å²) in [4.78, 5) is 9.80. The Morgan fingerprint density at radius 3 is 2.39 bits per heavy atom. The van der Waals surface area contributed by atoms with E-state index in [-0.39, 0.29) is 12.8 Å². The van der Waals surface area contributed by atoms with Crippen molar-refractivity contribution >= 4 is 11.4 Å². The zero-order chi connectivity index (χ0) is 13.6. The predicted molar refractivity (Wildman–Crippen MR) is 54.7 cm³/mol. The molecule has 0 radical (unpaired) electrons. The van der Waals surface area contributed by atoms with Crippen molar-refractivity contribution in [3.8, 4) is 0 Å². The molecule has 1 aromatic carbocycles. The van der Waals surface area contributed by atoms with Gasteiger partial charge in [0, 0.05) is 12.1 Å². The Bertz CT molecular complexity index is 497.